The zero-order chi connectivity index (χ0) is 23.3. The van der Waals surface area contributed by atoms with Crippen molar-refractivity contribution in [1.29, 1.82) is 0 Å². The fraction of sp³-hybridized carbons (Fsp3) is 0.304. The fourth-order valence-corrected chi connectivity index (χ4v) is 4.19. The van der Waals surface area contributed by atoms with Gasteiger partial charge in [-0.1, -0.05) is 41.1 Å². The van der Waals surface area contributed by atoms with Gasteiger partial charge in [0.1, 0.15) is 0 Å². The molecule has 0 fully saturated rings. The third-order valence-electron chi connectivity index (χ3n) is 4.91. The molecule has 32 heavy (non-hydrogen) atoms. The molecule has 1 aromatic heterocycles. The molecule has 7 nitrogen and oxygen atoms in total. The molecule has 0 aliphatic rings. The molecule has 2 aromatic carbocycles. The molecule has 3 aromatic rings. The number of anilines is 1. The summed E-state index contributed by atoms with van der Waals surface area (Å²) < 4.78 is 1.91. The van der Waals surface area contributed by atoms with E-state index in [0.29, 0.717) is 28.1 Å². The highest BCUT2D eigenvalue weighted by Gasteiger charge is 2.20. The van der Waals surface area contributed by atoms with Gasteiger partial charge < -0.3 is 15.2 Å². The van der Waals surface area contributed by atoms with Crippen molar-refractivity contribution in [1.82, 2.24) is 20.1 Å². The van der Waals surface area contributed by atoms with E-state index in [4.69, 9.17) is 11.6 Å². The van der Waals surface area contributed by atoms with Crippen molar-refractivity contribution >= 4 is 40.9 Å². The van der Waals surface area contributed by atoms with Crippen LogP contribution in [0.25, 0.3) is 0 Å². The van der Waals surface area contributed by atoms with Crippen molar-refractivity contribution in [3.05, 3.63) is 70.0 Å². The van der Waals surface area contributed by atoms with Gasteiger partial charge in [0.05, 0.1) is 11.8 Å². The molecule has 0 saturated carbocycles. The topological polar surface area (TPSA) is 88.9 Å². The van der Waals surface area contributed by atoms with Gasteiger partial charge in [-0.3, -0.25) is 9.59 Å². The Kier molecular flexibility index (Phi) is 7.93. The van der Waals surface area contributed by atoms with E-state index in [0.717, 1.165) is 16.8 Å². The molecule has 0 bridgehead atoms. The van der Waals surface area contributed by atoms with Gasteiger partial charge in [-0.2, -0.15) is 0 Å². The molecule has 0 radical (unpaired) electrons. The summed E-state index contributed by atoms with van der Waals surface area (Å²) >= 11 is 7.27. The minimum atomic E-state index is -0.337. The number of rotatable bonds is 8. The maximum Gasteiger partial charge on any atom is 0.251 e. The third-order valence-corrected chi connectivity index (χ3v) is 6.11. The Labute approximate surface area is 197 Å². The highest BCUT2D eigenvalue weighted by atomic mass is 35.5. The van der Waals surface area contributed by atoms with Gasteiger partial charge in [0.15, 0.2) is 11.0 Å². The summed E-state index contributed by atoms with van der Waals surface area (Å²) in [5.74, 6) is 0.512. The predicted molar refractivity (Wildman–Crippen MR) is 128 cm³/mol. The second-order valence-corrected chi connectivity index (χ2v) is 8.82. The van der Waals surface area contributed by atoms with Gasteiger partial charge in [-0.25, -0.2) is 0 Å². The summed E-state index contributed by atoms with van der Waals surface area (Å²) in [6.45, 7) is 8.33. The second-order valence-electron chi connectivity index (χ2n) is 7.44. The summed E-state index contributed by atoms with van der Waals surface area (Å²) in [5.41, 5.74) is 3.31. The molecule has 1 heterocycles. The average molecular weight is 472 g/mol. The zero-order valence-corrected chi connectivity index (χ0v) is 20.0. The second kappa shape index (κ2) is 10.7. The number of aryl methyl sites for hydroxylation is 2. The highest BCUT2D eigenvalue weighted by Crippen LogP contribution is 2.23. The lowest BCUT2D eigenvalue weighted by atomic mass is 10.1. The molecule has 0 saturated heterocycles. The largest absolute Gasteiger partial charge is 0.342 e. The normalized spacial score (nSPS) is 11.8. The maximum atomic E-state index is 12.5. The minimum absolute atomic E-state index is 0.145. The van der Waals surface area contributed by atoms with Gasteiger partial charge in [0.25, 0.3) is 5.91 Å². The van der Waals surface area contributed by atoms with E-state index >= 15 is 0 Å². The van der Waals surface area contributed by atoms with E-state index in [1.54, 1.807) is 30.3 Å². The Morgan fingerprint density at radius 1 is 1.12 bits per heavy atom. The molecule has 168 valence electrons. The number of nitrogens with one attached hydrogen (secondary N) is 2. The van der Waals surface area contributed by atoms with Crippen LogP contribution >= 0.6 is 23.4 Å². The number of hydrogen-bond acceptors (Lipinski definition) is 5. The Hall–Kier alpha value is -2.84. The number of nitrogens with zero attached hydrogens (tertiary/aromatic N) is 3. The smallest absolute Gasteiger partial charge is 0.251 e. The lowest BCUT2D eigenvalue weighted by Gasteiger charge is -2.15. The lowest BCUT2D eigenvalue weighted by Crippen LogP contribution is -2.28. The van der Waals surface area contributed by atoms with E-state index < -0.39 is 0 Å². The molecule has 0 aliphatic carbocycles. The van der Waals surface area contributed by atoms with Gasteiger partial charge in [-0.15, -0.1) is 10.2 Å². The predicted octanol–water partition coefficient (Wildman–Crippen LogP) is 4.79. The molecule has 0 aliphatic heterocycles. The summed E-state index contributed by atoms with van der Waals surface area (Å²) in [7, 11) is 0. The molecular weight excluding hydrogens is 446 g/mol. The summed E-state index contributed by atoms with van der Waals surface area (Å²) in [6.07, 6.45) is 0. The number of carbonyl (C=O) groups excluding carboxylic acids is 2. The molecule has 9 heteroatoms. The summed E-state index contributed by atoms with van der Waals surface area (Å²) in [5, 5.41) is 15.6. The third kappa shape index (κ3) is 5.89. The molecule has 2 N–H and O–H groups in total. The molecule has 2 amide bonds. The van der Waals surface area contributed by atoms with Crippen LogP contribution in [0.5, 0.6) is 0 Å². The van der Waals surface area contributed by atoms with Crippen molar-refractivity contribution in [3.8, 4) is 0 Å². The van der Waals surface area contributed by atoms with E-state index in [1.165, 1.54) is 11.8 Å². The Bertz CT molecular complexity index is 1110. The van der Waals surface area contributed by atoms with Gasteiger partial charge in [-0.05, 0) is 63.6 Å². The standard InChI is InChI=1S/C23H26ClN5O2S/c1-5-29-21(16(4)25-22(31)17-8-6-14(2)7-9-17)27-28-23(29)32-13-20(30)26-19-11-10-18(24)12-15(19)3/h6-12,16H,5,13H2,1-4H3,(H,25,31)(H,26,30)/t16-/m0/s1. The SMILES string of the molecule is CCn1c(SCC(=O)Nc2ccc(Cl)cc2C)nnc1[C@H](C)NC(=O)c1ccc(C)cc1. The first-order valence-electron chi connectivity index (χ1n) is 10.3. The van der Waals surface area contributed by atoms with Crippen LogP contribution in [-0.2, 0) is 11.3 Å². The van der Waals surface area contributed by atoms with Crippen LogP contribution in [0, 0.1) is 13.8 Å². The number of amides is 2. The molecule has 0 spiro atoms. The van der Waals surface area contributed by atoms with Crippen molar-refractivity contribution in [3.63, 3.8) is 0 Å². The van der Waals surface area contributed by atoms with Crippen molar-refractivity contribution in [2.75, 3.05) is 11.1 Å². The van der Waals surface area contributed by atoms with Crippen LogP contribution in [0.1, 0.15) is 47.2 Å². The average Bonchev–Trinajstić information content (AvgIpc) is 3.17. The first-order chi connectivity index (χ1) is 15.3. The molecule has 1 atom stereocenters. The van der Waals surface area contributed by atoms with Gasteiger partial charge in [0.2, 0.25) is 5.91 Å². The maximum absolute atomic E-state index is 12.5. The number of hydrogen-bond donors (Lipinski definition) is 2. The van der Waals surface area contributed by atoms with Crippen molar-refractivity contribution in [2.45, 2.75) is 45.4 Å². The summed E-state index contributed by atoms with van der Waals surface area (Å²) in [6, 6.07) is 12.4. The van der Waals surface area contributed by atoms with E-state index in [-0.39, 0.29) is 23.6 Å². The van der Waals surface area contributed by atoms with Gasteiger partial charge >= 0.3 is 0 Å². The Morgan fingerprint density at radius 2 is 1.84 bits per heavy atom. The van der Waals surface area contributed by atoms with E-state index in [1.807, 2.05) is 44.4 Å². The zero-order valence-electron chi connectivity index (χ0n) is 18.5. The van der Waals surface area contributed by atoms with Crippen LogP contribution in [-0.4, -0.2) is 32.3 Å². The monoisotopic (exact) mass is 471 g/mol. The van der Waals surface area contributed by atoms with Crippen molar-refractivity contribution < 1.29 is 9.59 Å². The number of aromatic nitrogens is 3. The van der Waals surface area contributed by atoms with Crippen LogP contribution in [0.2, 0.25) is 5.02 Å². The molecule has 3 rings (SSSR count). The molecular formula is C23H26ClN5O2S. The lowest BCUT2D eigenvalue weighted by molar-refractivity contribution is -0.113. The van der Waals surface area contributed by atoms with Crippen LogP contribution in [0.15, 0.2) is 47.6 Å². The quantitative estimate of drug-likeness (QED) is 0.461. The number of benzene rings is 2. The van der Waals surface area contributed by atoms with Crippen LogP contribution < -0.4 is 10.6 Å². The summed E-state index contributed by atoms with van der Waals surface area (Å²) in [4.78, 5) is 25.0. The minimum Gasteiger partial charge on any atom is -0.342 e. The molecule has 0 unspecified atom stereocenters. The number of thioether (sulfide) groups is 1. The first kappa shape index (κ1) is 23.8. The van der Waals surface area contributed by atoms with Gasteiger partial charge in [0, 0.05) is 22.8 Å². The fourth-order valence-electron chi connectivity index (χ4n) is 3.16. The van der Waals surface area contributed by atoms with Crippen molar-refractivity contribution in [2.24, 2.45) is 0 Å². The van der Waals surface area contributed by atoms with E-state index in [9.17, 15) is 9.59 Å². The first-order valence-corrected chi connectivity index (χ1v) is 11.6. The van der Waals surface area contributed by atoms with Crippen LogP contribution in [0.3, 0.4) is 0 Å². The number of carbonyl (C=O) groups is 2. The van der Waals surface area contributed by atoms with Crippen LogP contribution in [0.4, 0.5) is 5.69 Å². The van der Waals surface area contributed by atoms with E-state index in [2.05, 4.69) is 20.8 Å². The highest BCUT2D eigenvalue weighted by molar-refractivity contribution is 7.99. The number of halogens is 1. The Morgan fingerprint density at radius 3 is 2.50 bits per heavy atom. The Balaban J connectivity index is 1.62.